The number of hydrogen-bond donors (Lipinski definition) is 2. The summed E-state index contributed by atoms with van der Waals surface area (Å²) in [5.74, 6) is 1.92. The highest BCUT2D eigenvalue weighted by atomic mass is 32.1. The molecule has 3 aromatic carbocycles. The van der Waals surface area contributed by atoms with Crippen LogP contribution in [0, 0.1) is 0 Å². The summed E-state index contributed by atoms with van der Waals surface area (Å²) in [6.45, 7) is 0.868. The van der Waals surface area contributed by atoms with E-state index in [4.69, 9.17) is 30.1 Å². The van der Waals surface area contributed by atoms with Gasteiger partial charge in [-0.3, -0.25) is 0 Å². The number of nitrogens with two attached hydrogens (primary N) is 2. The molecule has 0 aliphatic heterocycles. The van der Waals surface area contributed by atoms with E-state index in [0.29, 0.717) is 43.2 Å². The van der Waals surface area contributed by atoms with Gasteiger partial charge in [-0.15, -0.1) is 0 Å². The predicted octanol–water partition coefficient (Wildman–Crippen LogP) is 4.64. The van der Waals surface area contributed by atoms with E-state index in [2.05, 4.69) is 12.1 Å². The van der Waals surface area contributed by atoms with Crippen LogP contribution in [-0.2, 0) is 18.6 Å². The Morgan fingerprint density at radius 2 is 1.61 bits per heavy atom. The van der Waals surface area contributed by atoms with Gasteiger partial charge in [0.05, 0.1) is 30.2 Å². The van der Waals surface area contributed by atoms with Crippen LogP contribution < -0.4 is 25.7 Å². The summed E-state index contributed by atoms with van der Waals surface area (Å²) in [5, 5.41) is 1.06. The molecular formula is C26H29N3O3S. The quantitative estimate of drug-likeness (QED) is 0.356. The van der Waals surface area contributed by atoms with Crippen molar-refractivity contribution in [1.82, 2.24) is 4.37 Å². The number of methoxy groups -OCH3 is 2. The fourth-order valence-corrected chi connectivity index (χ4v) is 4.92. The van der Waals surface area contributed by atoms with Gasteiger partial charge in [-0.25, -0.2) is 0 Å². The molecule has 6 nitrogen and oxygen atoms in total. The van der Waals surface area contributed by atoms with Crippen molar-refractivity contribution in [2.75, 3.05) is 20.8 Å². The molecule has 1 heterocycles. The maximum atomic E-state index is 7.05. The number of benzene rings is 3. The summed E-state index contributed by atoms with van der Waals surface area (Å²) >= 11 is 1.46. The zero-order valence-electron chi connectivity index (χ0n) is 18.9. The number of hydrogen-bond acceptors (Lipinski definition) is 7. The Bertz CT molecular complexity index is 1210. The van der Waals surface area contributed by atoms with Gasteiger partial charge < -0.3 is 25.7 Å². The molecule has 0 aliphatic rings. The SMILES string of the molecule is COc1cc(CC(N)(CCN)c2nsc3ccccc23)c(OCc2ccccc2)cc1OC. The first-order valence-corrected chi connectivity index (χ1v) is 11.6. The smallest absolute Gasteiger partial charge is 0.164 e. The molecule has 0 saturated carbocycles. The van der Waals surface area contributed by atoms with Gasteiger partial charge in [0.15, 0.2) is 11.5 Å². The normalized spacial score (nSPS) is 13.0. The standard InChI is InChI=1S/C26H29N3O3S/c1-30-22-14-19(21(15-23(22)31-2)32-17-18-8-4-3-5-9-18)16-26(28,12-13-27)25-20-10-6-7-11-24(20)33-29-25/h3-11,14-15H,12-13,16-17,27-28H2,1-2H3. The molecule has 0 amide bonds. The Morgan fingerprint density at radius 1 is 0.909 bits per heavy atom. The lowest BCUT2D eigenvalue weighted by Gasteiger charge is -2.29. The number of nitrogens with zero attached hydrogens (tertiary/aromatic N) is 1. The lowest BCUT2D eigenvalue weighted by atomic mass is 9.83. The molecule has 33 heavy (non-hydrogen) atoms. The number of rotatable bonds is 10. The van der Waals surface area contributed by atoms with Crippen LogP contribution in [0.4, 0.5) is 0 Å². The van der Waals surface area contributed by atoms with Crippen molar-refractivity contribution in [3.05, 3.63) is 83.6 Å². The average molecular weight is 464 g/mol. The van der Waals surface area contributed by atoms with Crippen LogP contribution in [0.25, 0.3) is 10.1 Å². The number of aromatic nitrogens is 1. The zero-order valence-corrected chi connectivity index (χ0v) is 19.7. The molecule has 0 radical (unpaired) electrons. The lowest BCUT2D eigenvalue weighted by molar-refractivity contribution is 0.292. The second kappa shape index (κ2) is 10.2. The van der Waals surface area contributed by atoms with Gasteiger partial charge in [0.25, 0.3) is 0 Å². The van der Waals surface area contributed by atoms with Gasteiger partial charge >= 0.3 is 0 Å². The maximum Gasteiger partial charge on any atom is 0.164 e. The fourth-order valence-electron chi connectivity index (χ4n) is 4.04. The molecule has 1 atom stereocenters. The molecule has 4 N–H and O–H groups in total. The highest BCUT2D eigenvalue weighted by Gasteiger charge is 2.33. The first kappa shape index (κ1) is 23.0. The van der Waals surface area contributed by atoms with Gasteiger partial charge in [0.1, 0.15) is 12.4 Å². The third kappa shape index (κ3) is 4.95. The Morgan fingerprint density at radius 3 is 2.33 bits per heavy atom. The molecule has 0 spiro atoms. The average Bonchev–Trinajstić information content (AvgIpc) is 3.29. The van der Waals surface area contributed by atoms with E-state index in [0.717, 1.165) is 26.9 Å². The van der Waals surface area contributed by atoms with Crippen molar-refractivity contribution in [3.63, 3.8) is 0 Å². The molecule has 1 unspecified atom stereocenters. The van der Waals surface area contributed by atoms with Crippen molar-refractivity contribution >= 4 is 21.6 Å². The van der Waals surface area contributed by atoms with Crippen molar-refractivity contribution in [1.29, 1.82) is 0 Å². The summed E-state index contributed by atoms with van der Waals surface area (Å²) < 4.78 is 23.2. The summed E-state index contributed by atoms with van der Waals surface area (Å²) in [6.07, 6.45) is 1.07. The van der Waals surface area contributed by atoms with Gasteiger partial charge in [-0.1, -0.05) is 48.5 Å². The highest BCUT2D eigenvalue weighted by molar-refractivity contribution is 7.13. The zero-order chi connectivity index (χ0) is 23.3. The van der Waals surface area contributed by atoms with Crippen LogP contribution in [-0.4, -0.2) is 25.1 Å². The van der Waals surface area contributed by atoms with E-state index >= 15 is 0 Å². The predicted molar refractivity (Wildman–Crippen MR) is 133 cm³/mol. The summed E-state index contributed by atoms with van der Waals surface area (Å²) in [7, 11) is 3.23. The van der Waals surface area contributed by atoms with E-state index in [-0.39, 0.29) is 0 Å². The molecule has 4 aromatic rings. The van der Waals surface area contributed by atoms with Crippen LogP contribution in [0.5, 0.6) is 17.2 Å². The van der Waals surface area contributed by atoms with Crippen LogP contribution in [0.3, 0.4) is 0 Å². The monoisotopic (exact) mass is 463 g/mol. The Kier molecular flexibility index (Phi) is 7.13. The van der Waals surface area contributed by atoms with Crippen molar-refractivity contribution in [2.45, 2.75) is 25.0 Å². The minimum atomic E-state index is -0.765. The Balaban J connectivity index is 1.74. The second-order valence-corrected chi connectivity index (χ2v) is 8.79. The van der Waals surface area contributed by atoms with Crippen LogP contribution in [0.1, 0.15) is 23.2 Å². The topological polar surface area (TPSA) is 92.6 Å². The minimum absolute atomic E-state index is 0.428. The van der Waals surface area contributed by atoms with E-state index in [1.807, 2.05) is 54.6 Å². The first-order valence-electron chi connectivity index (χ1n) is 10.8. The third-order valence-corrected chi connectivity index (χ3v) is 6.58. The summed E-state index contributed by atoms with van der Waals surface area (Å²) in [5.41, 5.74) is 15.1. The van der Waals surface area contributed by atoms with Crippen LogP contribution in [0.2, 0.25) is 0 Å². The Hall–Kier alpha value is -3.13. The maximum absolute atomic E-state index is 7.05. The molecule has 1 aromatic heterocycles. The molecule has 172 valence electrons. The number of fused-ring (bicyclic) bond motifs is 1. The fraction of sp³-hybridized carbons (Fsp3) is 0.269. The molecule has 0 saturated heterocycles. The molecule has 0 aliphatic carbocycles. The largest absolute Gasteiger partial charge is 0.493 e. The Labute approximate surface area is 198 Å². The van der Waals surface area contributed by atoms with E-state index < -0.39 is 5.54 Å². The van der Waals surface area contributed by atoms with Crippen molar-refractivity contribution < 1.29 is 14.2 Å². The lowest BCUT2D eigenvalue weighted by Crippen LogP contribution is -2.41. The third-order valence-electron chi connectivity index (χ3n) is 5.75. The number of ether oxygens (including phenoxy) is 3. The van der Waals surface area contributed by atoms with E-state index in [1.165, 1.54) is 11.5 Å². The van der Waals surface area contributed by atoms with Gasteiger partial charge in [0, 0.05) is 17.0 Å². The molecular weight excluding hydrogens is 434 g/mol. The minimum Gasteiger partial charge on any atom is -0.493 e. The second-order valence-electron chi connectivity index (χ2n) is 7.99. The summed E-state index contributed by atoms with van der Waals surface area (Å²) in [4.78, 5) is 0. The van der Waals surface area contributed by atoms with Gasteiger partial charge in [0.2, 0.25) is 0 Å². The van der Waals surface area contributed by atoms with Gasteiger partial charge in [-0.05, 0) is 48.6 Å². The van der Waals surface area contributed by atoms with E-state index in [1.54, 1.807) is 14.2 Å². The van der Waals surface area contributed by atoms with Crippen molar-refractivity contribution in [2.24, 2.45) is 11.5 Å². The van der Waals surface area contributed by atoms with E-state index in [9.17, 15) is 0 Å². The van der Waals surface area contributed by atoms with Crippen molar-refractivity contribution in [3.8, 4) is 17.2 Å². The van der Waals surface area contributed by atoms with Crippen LogP contribution >= 0.6 is 11.5 Å². The molecule has 0 fully saturated rings. The van der Waals surface area contributed by atoms with Crippen LogP contribution in [0.15, 0.2) is 66.7 Å². The highest BCUT2D eigenvalue weighted by Crippen LogP contribution is 2.40. The molecule has 0 bridgehead atoms. The van der Waals surface area contributed by atoms with Gasteiger partial charge in [-0.2, -0.15) is 4.37 Å². The molecule has 4 rings (SSSR count). The first-order chi connectivity index (χ1) is 16.1. The molecule has 7 heteroatoms. The summed E-state index contributed by atoms with van der Waals surface area (Å²) in [6, 6.07) is 22.0.